The fourth-order valence-electron chi connectivity index (χ4n) is 10.2. The van der Waals surface area contributed by atoms with Crippen LogP contribution < -0.4 is 0 Å². The predicted octanol–water partition coefficient (Wildman–Crippen LogP) is 23.5. The molecule has 0 saturated heterocycles. The third-order valence-corrected chi connectivity index (χ3v) is 15.3. The normalized spacial score (nSPS) is 12.4. The molecular weight excluding hydrogens is 961 g/mol. The highest BCUT2D eigenvalue weighted by atomic mass is 16.6. The molecule has 454 valence electrons. The van der Waals surface area contributed by atoms with Gasteiger partial charge in [-0.05, 0) is 64.2 Å². The van der Waals surface area contributed by atoms with Crippen LogP contribution in [0, 0.1) is 0 Å². The fourth-order valence-corrected chi connectivity index (χ4v) is 10.2. The maximum Gasteiger partial charge on any atom is 0.306 e. The van der Waals surface area contributed by atoms with Gasteiger partial charge in [0, 0.05) is 19.3 Å². The lowest BCUT2D eigenvalue weighted by Crippen LogP contribution is -2.30. The lowest BCUT2D eigenvalue weighted by molar-refractivity contribution is -0.167. The predicted molar refractivity (Wildman–Crippen MR) is 339 cm³/mol. The van der Waals surface area contributed by atoms with E-state index in [1.165, 1.54) is 231 Å². The number of allylic oxidation sites excluding steroid dienone is 10. The number of ether oxygens (including phenoxy) is 3. The third kappa shape index (κ3) is 63.9. The van der Waals surface area contributed by atoms with Gasteiger partial charge in [0.05, 0.1) is 0 Å². The number of carbonyl (C=O) groups excluding carboxylic acids is 3. The standard InChI is InChI=1S/C72H130O6/c1-4-7-10-13-16-19-21-23-25-27-29-31-32-33-34-35-36-37-38-39-40-41-43-44-46-48-50-53-56-59-62-65-71(74)77-68-69(67-76-70(73)64-61-58-55-52-18-15-12-9-6-3)78-72(75)66-63-60-57-54-51-49-47-45-42-30-28-26-24-22-20-17-14-11-8-5-2/h7,10,16,19,23,25,29,31,33-34,69H,4-6,8-9,11-15,17-18,20-22,24,26-28,30,32,35-68H2,1-3H3/b10-7-,19-16-,25-23-,31-29-,34-33-. The summed E-state index contributed by atoms with van der Waals surface area (Å²) in [6, 6.07) is 0. The van der Waals surface area contributed by atoms with E-state index in [0.29, 0.717) is 19.3 Å². The van der Waals surface area contributed by atoms with Crippen molar-refractivity contribution in [3.8, 4) is 0 Å². The van der Waals surface area contributed by atoms with Crippen LogP contribution >= 0.6 is 0 Å². The second-order valence-electron chi connectivity index (χ2n) is 23.1. The Morgan fingerprint density at radius 1 is 0.269 bits per heavy atom. The third-order valence-electron chi connectivity index (χ3n) is 15.3. The van der Waals surface area contributed by atoms with Gasteiger partial charge in [0.15, 0.2) is 6.10 Å². The molecule has 1 atom stereocenters. The first-order valence-electron chi connectivity index (χ1n) is 34.3. The van der Waals surface area contributed by atoms with E-state index >= 15 is 0 Å². The van der Waals surface area contributed by atoms with Crippen LogP contribution in [-0.2, 0) is 28.6 Å². The number of hydrogen-bond donors (Lipinski definition) is 0. The molecule has 0 aromatic heterocycles. The average molecular weight is 1090 g/mol. The first-order valence-corrected chi connectivity index (χ1v) is 34.3. The zero-order chi connectivity index (χ0) is 56.4. The zero-order valence-electron chi connectivity index (χ0n) is 52.2. The minimum Gasteiger partial charge on any atom is -0.462 e. The van der Waals surface area contributed by atoms with E-state index in [0.717, 1.165) is 89.9 Å². The quantitative estimate of drug-likeness (QED) is 0.0261. The van der Waals surface area contributed by atoms with Gasteiger partial charge in [0.1, 0.15) is 13.2 Å². The van der Waals surface area contributed by atoms with Gasteiger partial charge in [-0.3, -0.25) is 14.4 Å². The molecule has 0 aliphatic rings. The maximum absolute atomic E-state index is 12.9. The summed E-state index contributed by atoms with van der Waals surface area (Å²) in [5, 5.41) is 0. The van der Waals surface area contributed by atoms with Crippen LogP contribution in [0.2, 0.25) is 0 Å². The molecule has 0 aliphatic carbocycles. The molecular formula is C72H130O6. The Morgan fingerprint density at radius 3 is 0.782 bits per heavy atom. The molecule has 6 nitrogen and oxygen atoms in total. The number of rotatable bonds is 63. The van der Waals surface area contributed by atoms with Crippen molar-refractivity contribution in [3.63, 3.8) is 0 Å². The molecule has 0 aliphatic heterocycles. The molecule has 0 aromatic rings. The minimum absolute atomic E-state index is 0.0675. The SMILES string of the molecule is CC/C=C\C/C=C\C/C=C\C/C=C\C/C=C\CCCCCCCCCCCCCCCCCC(=O)OCC(COC(=O)CCCCCCCCCCC)OC(=O)CCCCCCCCCCCCCCCCCCCCCC. The molecule has 0 saturated carbocycles. The largest absolute Gasteiger partial charge is 0.462 e. The van der Waals surface area contributed by atoms with Crippen LogP contribution in [0.25, 0.3) is 0 Å². The van der Waals surface area contributed by atoms with Crippen molar-refractivity contribution in [3.05, 3.63) is 60.8 Å². The average Bonchev–Trinajstić information content (AvgIpc) is 3.44. The molecule has 0 spiro atoms. The topological polar surface area (TPSA) is 78.9 Å². The Labute approximate surface area is 485 Å². The monoisotopic (exact) mass is 1090 g/mol. The summed E-state index contributed by atoms with van der Waals surface area (Å²) in [5.41, 5.74) is 0. The van der Waals surface area contributed by atoms with Crippen LogP contribution in [0.1, 0.15) is 361 Å². The summed E-state index contributed by atoms with van der Waals surface area (Å²) in [4.78, 5) is 38.2. The fraction of sp³-hybridized carbons (Fsp3) is 0.819. The van der Waals surface area contributed by atoms with Gasteiger partial charge in [0.2, 0.25) is 0 Å². The van der Waals surface area contributed by atoms with Gasteiger partial charge in [-0.2, -0.15) is 0 Å². The highest BCUT2D eigenvalue weighted by Crippen LogP contribution is 2.18. The smallest absolute Gasteiger partial charge is 0.306 e. The summed E-state index contributed by atoms with van der Waals surface area (Å²) in [5.74, 6) is -0.846. The summed E-state index contributed by atoms with van der Waals surface area (Å²) < 4.78 is 16.9. The van der Waals surface area contributed by atoms with Crippen molar-refractivity contribution >= 4 is 17.9 Å². The van der Waals surface area contributed by atoms with Crippen molar-refractivity contribution in [1.82, 2.24) is 0 Å². The molecule has 0 aromatic carbocycles. The first kappa shape index (κ1) is 75.1. The number of unbranched alkanes of at least 4 members (excludes halogenated alkanes) is 42. The summed E-state index contributed by atoms with van der Waals surface area (Å²) >= 11 is 0. The lowest BCUT2D eigenvalue weighted by atomic mass is 10.0. The summed E-state index contributed by atoms with van der Waals surface area (Å²) in [6.45, 7) is 6.57. The minimum atomic E-state index is -0.769. The molecule has 0 radical (unpaired) electrons. The number of carbonyl (C=O) groups is 3. The van der Waals surface area contributed by atoms with E-state index in [9.17, 15) is 14.4 Å². The highest BCUT2D eigenvalue weighted by Gasteiger charge is 2.19. The van der Waals surface area contributed by atoms with E-state index in [2.05, 4.69) is 81.5 Å². The Bertz CT molecular complexity index is 1390. The van der Waals surface area contributed by atoms with Gasteiger partial charge in [0.25, 0.3) is 0 Å². The van der Waals surface area contributed by atoms with Crippen LogP contribution in [0.4, 0.5) is 0 Å². The Hall–Kier alpha value is -2.89. The molecule has 0 bridgehead atoms. The van der Waals surface area contributed by atoms with Crippen molar-refractivity contribution < 1.29 is 28.6 Å². The van der Waals surface area contributed by atoms with Crippen molar-refractivity contribution in [1.29, 1.82) is 0 Å². The van der Waals surface area contributed by atoms with Crippen LogP contribution in [0.3, 0.4) is 0 Å². The molecule has 0 fully saturated rings. The van der Waals surface area contributed by atoms with Gasteiger partial charge >= 0.3 is 17.9 Å². The van der Waals surface area contributed by atoms with E-state index in [1.54, 1.807) is 0 Å². The van der Waals surface area contributed by atoms with Crippen molar-refractivity contribution in [2.24, 2.45) is 0 Å². The Kier molecular flexibility index (Phi) is 64.2. The highest BCUT2D eigenvalue weighted by molar-refractivity contribution is 5.71. The molecule has 0 rings (SSSR count). The molecule has 1 unspecified atom stereocenters. The molecule has 0 N–H and O–H groups in total. The zero-order valence-corrected chi connectivity index (χ0v) is 52.2. The first-order chi connectivity index (χ1) is 38.5. The van der Waals surface area contributed by atoms with Crippen LogP contribution in [-0.4, -0.2) is 37.2 Å². The Morgan fingerprint density at radius 2 is 0.500 bits per heavy atom. The molecule has 0 heterocycles. The van der Waals surface area contributed by atoms with E-state index < -0.39 is 6.10 Å². The number of esters is 3. The van der Waals surface area contributed by atoms with E-state index in [-0.39, 0.29) is 31.1 Å². The molecule has 6 heteroatoms. The Balaban J connectivity index is 4.10. The van der Waals surface area contributed by atoms with Gasteiger partial charge in [-0.1, -0.05) is 338 Å². The van der Waals surface area contributed by atoms with Gasteiger partial charge in [-0.25, -0.2) is 0 Å². The summed E-state index contributed by atoms with van der Waals surface area (Å²) in [6.07, 6.45) is 85.4. The van der Waals surface area contributed by atoms with Crippen molar-refractivity contribution in [2.45, 2.75) is 367 Å². The second-order valence-corrected chi connectivity index (χ2v) is 23.1. The van der Waals surface area contributed by atoms with Crippen LogP contribution in [0.15, 0.2) is 60.8 Å². The van der Waals surface area contributed by atoms with E-state index in [1.807, 2.05) is 0 Å². The summed E-state index contributed by atoms with van der Waals surface area (Å²) in [7, 11) is 0. The van der Waals surface area contributed by atoms with Gasteiger partial charge in [-0.15, -0.1) is 0 Å². The van der Waals surface area contributed by atoms with Gasteiger partial charge < -0.3 is 14.2 Å². The molecule has 0 amide bonds. The second kappa shape index (κ2) is 66.6. The van der Waals surface area contributed by atoms with Crippen LogP contribution in [0.5, 0.6) is 0 Å². The number of hydrogen-bond acceptors (Lipinski definition) is 6. The molecule has 78 heavy (non-hydrogen) atoms. The van der Waals surface area contributed by atoms with Crippen molar-refractivity contribution in [2.75, 3.05) is 13.2 Å². The maximum atomic E-state index is 12.9. The van der Waals surface area contributed by atoms with E-state index in [4.69, 9.17) is 14.2 Å². The lowest BCUT2D eigenvalue weighted by Gasteiger charge is -2.18.